The van der Waals surface area contributed by atoms with Crippen molar-refractivity contribution in [3.05, 3.63) is 48.5 Å². The second-order valence-corrected chi connectivity index (χ2v) is 4.45. The van der Waals surface area contributed by atoms with Crippen molar-refractivity contribution < 1.29 is 130 Å². The number of benzene rings is 2. The number of carbonyl (C=O) groups excluding carboxylic acids is 1. The maximum atomic E-state index is 11.6. The molecule has 0 aromatic heterocycles. The van der Waals surface area contributed by atoms with Crippen molar-refractivity contribution >= 4 is 42.7 Å². The van der Waals surface area contributed by atoms with Gasteiger partial charge in [-0.2, -0.15) is 0 Å². The van der Waals surface area contributed by atoms with E-state index in [1.807, 2.05) is 0 Å². The summed E-state index contributed by atoms with van der Waals surface area (Å²) in [5.74, 6) is 0. The second kappa shape index (κ2) is 12.1. The SMILES string of the molecule is Nc1ccccc1B(O)OC(=O)OB(O)c1ccccc1N.[H-].[H-].[K+].[K+]. The largest absolute Gasteiger partial charge is 1.00 e. The van der Waals surface area contributed by atoms with Gasteiger partial charge in [-0.3, -0.25) is 0 Å². The van der Waals surface area contributed by atoms with Gasteiger partial charge in [-0.15, -0.1) is 0 Å². The summed E-state index contributed by atoms with van der Waals surface area (Å²) in [6.45, 7) is 0. The first kappa shape index (κ1) is 24.6. The molecule has 0 amide bonds. The minimum Gasteiger partial charge on any atom is -1.00 e. The maximum absolute atomic E-state index is 11.6. The van der Waals surface area contributed by atoms with Crippen molar-refractivity contribution in [2.45, 2.75) is 0 Å². The Labute approximate surface area is 228 Å². The van der Waals surface area contributed by atoms with E-state index in [4.69, 9.17) is 11.5 Å². The van der Waals surface area contributed by atoms with Gasteiger partial charge in [0.15, 0.2) is 0 Å². The van der Waals surface area contributed by atoms with E-state index in [1.165, 1.54) is 12.1 Å². The van der Waals surface area contributed by atoms with Gasteiger partial charge in [-0.1, -0.05) is 36.4 Å². The van der Waals surface area contributed by atoms with Crippen LogP contribution in [-0.4, -0.2) is 30.4 Å². The third kappa shape index (κ3) is 7.10. The van der Waals surface area contributed by atoms with E-state index in [-0.39, 0.29) is 128 Å². The van der Waals surface area contributed by atoms with E-state index in [1.54, 1.807) is 36.4 Å². The van der Waals surface area contributed by atoms with E-state index in [0.717, 1.165) is 0 Å². The number of anilines is 2. The fourth-order valence-electron chi connectivity index (χ4n) is 1.81. The standard InChI is InChI=1S/C13H14B2N2O5.2K.2H/c16-11-7-3-1-5-9(11)14(19)21-13(18)22-15(20)10-6-2-4-8-12(10)17;;;;/h1-8,19-20H,16-17H2;;;;/q;2*+1;2*-1. The Hall–Kier alpha value is 0.633. The molecule has 0 aliphatic rings. The Bertz CT molecular complexity index is 635. The topological polar surface area (TPSA) is 128 Å². The number of para-hydroxylation sites is 2. The summed E-state index contributed by atoms with van der Waals surface area (Å²) in [4.78, 5) is 11.6. The van der Waals surface area contributed by atoms with Gasteiger partial charge in [-0.05, 0) is 12.1 Å². The predicted molar refractivity (Wildman–Crippen MR) is 86.7 cm³/mol. The molecule has 0 spiro atoms. The van der Waals surface area contributed by atoms with Gasteiger partial charge in [-0.25, -0.2) is 4.79 Å². The van der Waals surface area contributed by atoms with E-state index >= 15 is 0 Å². The van der Waals surface area contributed by atoms with E-state index in [9.17, 15) is 14.8 Å². The van der Waals surface area contributed by atoms with Crippen molar-refractivity contribution in [2.75, 3.05) is 11.5 Å². The second-order valence-electron chi connectivity index (χ2n) is 4.45. The number of rotatable bonds is 4. The van der Waals surface area contributed by atoms with Gasteiger partial charge in [0.05, 0.1) is 0 Å². The first-order valence-electron chi connectivity index (χ1n) is 6.41. The molecule has 116 valence electrons. The van der Waals surface area contributed by atoms with Gasteiger partial charge < -0.3 is 33.7 Å². The molecule has 0 heterocycles. The number of hydrogen-bond acceptors (Lipinski definition) is 7. The Morgan fingerprint density at radius 1 is 0.833 bits per heavy atom. The van der Waals surface area contributed by atoms with Crippen molar-refractivity contribution in [3.63, 3.8) is 0 Å². The average molecular weight is 380 g/mol. The molecule has 7 nitrogen and oxygen atoms in total. The molecular weight excluding hydrogens is 364 g/mol. The predicted octanol–water partition coefficient (Wildman–Crippen LogP) is -6.69. The van der Waals surface area contributed by atoms with Gasteiger partial charge >= 0.3 is 123 Å². The Morgan fingerprint density at radius 3 is 1.50 bits per heavy atom. The van der Waals surface area contributed by atoms with Gasteiger partial charge in [0.2, 0.25) is 0 Å². The summed E-state index contributed by atoms with van der Waals surface area (Å²) < 4.78 is 9.33. The molecule has 0 atom stereocenters. The molecule has 11 heteroatoms. The monoisotopic (exact) mass is 380 g/mol. The number of carbonyl (C=O) groups is 1. The third-order valence-corrected chi connectivity index (χ3v) is 2.94. The number of nitrogen functional groups attached to an aromatic ring is 2. The molecular formula is C13H16B2K2N2O5. The molecule has 0 aliphatic heterocycles. The van der Waals surface area contributed by atoms with E-state index < -0.39 is 20.4 Å². The molecule has 0 fully saturated rings. The van der Waals surface area contributed by atoms with Crippen LogP contribution in [0.1, 0.15) is 2.85 Å². The normalized spacial score (nSPS) is 9.08. The summed E-state index contributed by atoms with van der Waals surface area (Å²) in [5, 5.41) is 19.6. The first-order chi connectivity index (χ1) is 10.5. The molecule has 0 saturated heterocycles. The summed E-state index contributed by atoms with van der Waals surface area (Å²) in [6, 6.07) is 12.7. The molecule has 2 rings (SSSR count). The van der Waals surface area contributed by atoms with Crippen molar-refractivity contribution in [3.8, 4) is 0 Å². The van der Waals surface area contributed by atoms with Crippen molar-refractivity contribution in [1.82, 2.24) is 0 Å². The maximum Gasteiger partial charge on any atom is 1.00 e. The Balaban J connectivity index is -0.00000132. The molecule has 0 saturated carbocycles. The van der Waals surface area contributed by atoms with Crippen LogP contribution >= 0.6 is 0 Å². The molecule has 24 heavy (non-hydrogen) atoms. The van der Waals surface area contributed by atoms with Crippen LogP contribution in [0, 0.1) is 0 Å². The van der Waals surface area contributed by atoms with Gasteiger partial charge in [0.1, 0.15) is 0 Å². The van der Waals surface area contributed by atoms with Gasteiger partial charge in [0.25, 0.3) is 0 Å². The number of nitrogens with two attached hydrogens (primary N) is 2. The van der Waals surface area contributed by atoms with Crippen LogP contribution in [0.25, 0.3) is 0 Å². The van der Waals surface area contributed by atoms with E-state index in [2.05, 4.69) is 9.31 Å². The molecule has 0 bridgehead atoms. The van der Waals surface area contributed by atoms with Crippen LogP contribution in [0.2, 0.25) is 0 Å². The minimum atomic E-state index is -1.60. The zero-order valence-electron chi connectivity index (χ0n) is 15.5. The van der Waals surface area contributed by atoms with Crippen LogP contribution < -0.4 is 125 Å². The molecule has 6 N–H and O–H groups in total. The number of hydrogen-bond donors (Lipinski definition) is 4. The van der Waals surface area contributed by atoms with Crippen LogP contribution in [0.3, 0.4) is 0 Å². The summed E-state index contributed by atoms with van der Waals surface area (Å²) >= 11 is 0. The smallest absolute Gasteiger partial charge is 1.00 e. The van der Waals surface area contributed by atoms with Crippen LogP contribution in [-0.2, 0) is 9.31 Å². The summed E-state index contributed by atoms with van der Waals surface area (Å²) in [5.41, 5.74) is 12.3. The average Bonchev–Trinajstić information content (AvgIpc) is 2.47. The Kier molecular flexibility index (Phi) is 12.4. The van der Waals surface area contributed by atoms with Crippen LogP contribution in [0.4, 0.5) is 16.2 Å². The quantitative estimate of drug-likeness (QED) is 0.307. The zero-order valence-corrected chi connectivity index (χ0v) is 19.8. The van der Waals surface area contributed by atoms with Gasteiger partial charge in [0, 0.05) is 22.3 Å². The van der Waals surface area contributed by atoms with Crippen LogP contribution in [0.15, 0.2) is 48.5 Å². The van der Waals surface area contributed by atoms with Crippen LogP contribution in [0.5, 0.6) is 0 Å². The molecule has 2 aromatic rings. The summed E-state index contributed by atoms with van der Waals surface area (Å²) in [6.07, 6.45) is -1.26. The summed E-state index contributed by atoms with van der Waals surface area (Å²) in [7, 11) is -3.21. The fraction of sp³-hybridized carbons (Fsp3) is 0. The van der Waals surface area contributed by atoms with E-state index in [0.29, 0.717) is 0 Å². The molecule has 0 aliphatic carbocycles. The third-order valence-electron chi connectivity index (χ3n) is 2.94. The minimum absolute atomic E-state index is 0. The molecule has 0 radical (unpaired) electrons. The fourth-order valence-corrected chi connectivity index (χ4v) is 1.81. The van der Waals surface area contributed by atoms with Crippen molar-refractivity contribution in [1.29, 1.82) is 0 Å². The first-order valence-corrected chi connectivity index (χ1v) is 6.41. The Morgan fingerprint density at radius 2 is 1.17 bits per heavy atom. The van der Waals surface area contributed by atoms with Crippen molar-refractivity contribution in [2.24, 2.45) is 0 Å². The zero-order chi connectivity index (χ0) is 16.1. The molecule has 0 unspecified atom stereocenters. The molecule has 2 aromatic carbocycles.